The van der Waals surface area contributed by atoms with Gasteiger partial charge in [-0.2, -0.15) is 24.9 Å². The highest BCUT2D eigenvalue weighted by atomic mass is 32.2. The van der Waals surface area contributed by atoms with Crippen LogP contribution in [0.15, 0.2) is 59.4 Å². The Hall–Kier alpha value is -3.38. The fourth-order valence-electron chi connectivity index (χ4n) is 3.16. The standard InChI is InChI=1S/C24H21F3N2O5S2/c1-35-21(22(31)28-13-30)9-15-5-7-18(8-6-15)33-11-20(34-23(32)19-12-36-14-29-19)16-3-2-4-17(10-16)24(25,26)27/h2-8,10,12-14,20-21H,9,11H2,1H3,(H,28,30,31). The van der Waals surface area contributed by atoms with Gasteiger partial charge in [0.15, 0.2) is 11.8 Å². The molecule has 0 saturated heterocycles. The van der Waals surface area contributed by atoms with Gasteiger partial charge in [0.2, 0.25) is 12.3 Å². The Labute approximate surface area is 213 Å². The van der Waals surface area contributed by atoms with Gasteiger partial charge in [0.05, 0.1) is 16.3 Å². The van der Waals surface area contributed by atoms with Crippen LogP contribution < -0.4 is 10.1 Å². The number of nitrogens with one attached hydrogen (secondary N) is 1. The molecule has 36 heavy (non-hydrogen) atoms. The van der Waals surface area contributed by atoms with Gasteiger partial charge in [0.1, 0.15) is 12.4 Å². The number of carbonyl (C=O) groups is 3. The van der Waals surface area contributed by atoms with Gasteiger partial charge >= 0.3 is 12.1 Å². The topological polar surface area (TPSA) is 94.6 Å². The lowest BCUT2D eigenvalue weighted by Crippen LogP contribution is -2.32. The van der Waals surface area contributed by atoms with Crippen molar-refractivity contribution in [2.45, 2.75) is 24.0 Å². The zero-order chi connectivity index (χ0) is 26.1. The molecule has 12 heteroatoms. The van der Waals surface area contributed by atoms with Crippen molar-refractivity contribution in [2.75, 3.05) is 12.9 Å². The van der Waals surface area contributed by atoms with Crippen LogP contribution in [0.3, 0.4) is 0 Å². The quantitative estimate of drug-likeness (QED) is 0.280. The summed E-state index contributed by atoms with van der Waals surface area (Å²) >= 11 is 2.48. The summed E-state index contributed by atoms with van der Waals surface area (Å²) in [5.41, 5.74) is 1.54. The summed E-state index contributed by atoms with van der Waals surface area (Å²) < 4.78 is 50.8. The van der Waals surface area contributed by atoms with Crippen molar-refractivity contribution in [1.29, 1.82) is 0 Å². The van der Waals surface area contributed by atoms with Crippen LogP contribution in [0.25, 0.3) is 0 Å². The average Bonchev–Trinajstić information content (AvgIpc) is 3.41. The van der Waals surface area contributed by atoms with E-state index in [2.05, 4.69) is 10.3 Å². The third-order valence-corrected chi connectivity index (χ3v) is 6.54. The minimum atomic E-state index is -4.56. The molecule has 2 unspecified atom stereocenters. The van der Waals surface area contributed by atoms with E-state index in [0.29, 0.717) is 18.6 Å². The van der Waals surface area contributed by atoms with E-state index in [1.165, 1.54) is 46.1 Å². The number of aromatic nitrogens is 1. The molecule has 0 radical (unpaired) electrons. The van der Waals surface area contributed by atoms with Crippen LogP contribution in [0.5, 0.6) is 5.75 Å². The highest BCUT2D eigenvalue weighted by molar-refractivity contribution is 7.99. The molecular weight excluding hydrogens is 517 g/mol. The minimum absolute atomic E-state index is 0.0447. The molecule has 0 spiro atoms. The molecule has 0 aliphatic rings. The number of halogens is 3. The number of ether oxygens (including phenoxy) is 2. The second-order valence-corrected chi connectivity index (χ2v) is 9.16. The molecule has 0 fully saturated rings. The number of thioether (sulfide) groups is 1. The Bertz CT molecular complexity index is 1170. The fraction of sp³-hybridized carbons (Fsp3) is 0.250. The first-order chi connectivity index (χ1) is 17.2. The highest BCUT2D eigenvalue weighted by Gasteiger charge is 2.31. The van der Waals surface area contributed by atoms with Crippen LogP contribution in [0.2, 0.25) is 0 Å². The van der Waals surface area contributed by atoms with Crippen LogP contribution in [0.1, 0.15) is 33.3 Å². The van der Waals surface area contributed by atoms with Gasteiger partial charge < -0.3 is 9.47 Å². The van der Waals surface area contributed by atoms with E-state index in [1.54, 1.807) is 30.5 Å². The van der Waals surface area contributed by atoms with Gasteiger partial charge in [-0.25, -0.2) is 9.78 Å². The summed E-state index contributed by atoms with van der Waals surface area (Å²) in [5, 5.41) is 3.15. The Morgan fingerprint density at radius 2 is 1.94 bits per heavy atom. The Morgan fingerprint density at radius 1 is 1.19 bits per heavy atom. The number of hydrogen-bond acceptors (Lipinski definition) is 8. The average molecular weight is 539 g/mol. The first kappa shape index (κ1) is 27.2. The Kier molecular flexibility index (Phi) is 9.48. The Balaban J connectivity index is 1.73. The van der Waals surface area contributed by atoms with E-state index in [1.807, 2.05) is 0 Å². The van der Waals surface area contributed by atoms with Crippen LogP contribution in [-0.4, -0.2) is 41.4 Å². The van der Waals surface area contributed by atoms with Crippen LogP contribution in [0, 0.1) is 0 Å². The summed E-state index contributed by atoms with van der Waals surface area (Å²) in [6.45, 7) is -0.244. The second-order valence-electron chi connectivity index (χ2n) is 7.40. The number of benzene rings is 2. The molecule has 3 aromatic rings. The molecule has 2 aromatic carbocycles. The monoisotopic (exact) mass is 538 g/mol. The predicted molar refractivity (Wildman–Crippen MR) is 129 cm³/mol. The molecule has 2 atom stereocenters. The van der Waals surface area contributed by atoms with E-state index < -0.39 is 35.0 Å². The first-order valence-electron chi connectivity index (χ1n) is 10.5. The summed E-state index contributed by atoms with van der Waals surface area (Å²) in [7, 11) is 0. The molecule has 7 nitrogen and oxygen atoms in total. The lowest BCUT2D eigenvalue weighted by Gasteiger charge is -2.20. The van der Waals surface area contributed by atoms with E-state index in [-0.39, 0.29) is 17.9 Å². The molecule has 1 heterocycles. The highest BCUT2D eigenvalue weighted by Crippen LogP contribution is 2.32. The van der Waals surface area contributed by atoms with Crippen molar-refractivity contribution in [3.63, 3.8) is 0 Å². The summed E-state index contributed by atoms with van der Waals surface area (Å²) in [4.78, 5) is 38.8. The Morgan fingerprint density at radius 3 is 2.56 bits per heavy atom. The molecule has 190 valence electrons. The molecule has 0 saturated carbocycles. The van der Waals surface area contributed by atoms with Gasteiger partial charge in [0.25, 0.3) is 0 Å². The molecule has 0 aliphatic heterocycles. The number of carbonyl (C=O) groups excluding carboxylic acids is 3. The SMILES string of the molecule is CSC(Cc1ccc(OCC(OC(=O)c2cscn2)c2cccc(C(F)(F)F)c2)cc1)C(=O)NC=O. The van der Waals surface area contributed by atoms with Gasteiger partial charge in [-0.1, -0.05) is 24.3 Å². The summed E-state index contributed by atoms with van der Waals surface area (Å²) in [6.07, 6.45) is -3.22. The maximum atomic E-state index is 13.2. The molecule has 0 aliphatic carbocycles. The first-order valence-corrected chi connectivity index (χ1v) is 12.7. The van der Waals surface area contributed by atoms with Gasteiger partial charge in [0, 0.05) is 5.38 Å². The number of esters is 1. The number of alkyl halides is 3. The number of imide groups is 1. The van der Waals surface area contributed by atoms with E-state index >= 15 is 0 Å². The van der Waals surface area contributed by atoms with Crippen molar-refractivity contribution in [3.8, 4) is 5.75 Å². The minimum Gasteiger partial charge on any atom is -0.489 e. The van der Waals surface area contributed by atoms with E-state index in [4.69, 9.17) is 9.47 Å². The smallest absolute Gasteiger partial charge is 0.416 e. The van der Waals surface area contributed by atoms with E-state index in [0.717, 1.165) is 17.7 Å². The van der Waals surface area contributed by atoms with Crippen LogP contribution in [0.4, 0.5) is 13.2 Å². The van der Waals surface area contributed by atoms with Gasteiger partial charge in [-0.3, -0.25) is 14.9 Å². The number of amides is 2. The lowest BCUT2D eigenvalue weighted by molar-refractivity contribution is -0.137. The summed E-state index contributed by atoms with van der Waals surface area (Å²) in [5.74, 6) is -0.795. The third-order valence-electron chi connectivity index (χ3n) is 5.00. The van der Waals surface area contributed by atoms with Crippen molar-refractivity contribution in [2.24, 2.45) is 0 Å². The largest absolute Gasteiger partial charge is 0.489 e. The maximum Gasteiger partial charge on any atom is 0.416 e. The molecule has 1 aromatic heterocycles. The van der Waals surface area contributed by atoms with Crippen molar-refractivity contribution < 1.29 is 37.0 Å². The maximum absolute atomic E-state index is 13.2. The number of hydrogen-bond donors (Lipinski definition) is 1. The number of rotatable bonds is 11. The normalized spacial score (nSPS) is 12.9. The molecule has 0 bridgehead atoms. The fourth-order valence-corrected chi connectivity index (χ4v) is 4.32. The molecule has 2 amide bonds. The number of nitrogens with zero attached hydrogens (tertiary/aromatic N) is 1. The van der Waals surface area contributed by atoms with Gasteiger partial charge in [-0.05, 0) is 48.1 Å². The van der Waals surface area contributed by atoms with Crippen molar-refractivity contribution >= 4 is 41.4 Å². The second kappa shape index (κ2) is 12.5. The molecule has 3 rings (SSSR count). The molecular formula is C24H21F3N2O5S2. The van der Waals surface area contributed by atoms with Crippen molar-refractivity contribution in [1.82, 2.24) is 10.3 Å². The number of thiazole rings is 1. The zero-order valence-corrected chi connectivity index (χ0v) is 20.5. The van der Waals surface area contributed by atoms with Crippen LogP contribution in [-0.2, 0) is 26.9 Å². The van der Waals surface area contributed by atoms with Crippen molar-refractivity contribution in [3.05, 3.63) is 81.8 Å². The van der Waals surface area contributed by atoms with E-state index in [9.17, 15) is 27.6 Å². The lowest BCUT2D eigenvalue weighted by atomic mass is 10.1. The van der Waals surface area contributed by atoms with Gasteiger partial charge in [-0.15, -0.1) is 11.3 Å². The predicted octanol–water partition coefficient (Wildman–Crippen LogP) is 4.69. The molecule has 1 N–H and O–H groups in total. The zero-order valence-electron chi connectivity index (χ0n) is 18.9. The summed E-state index contributed by atoms with van der Waals surface area (Å²) in [6, 6.07) is 11.2. The third kappa shape index (κ3) is 7.56. The van der Waals surface area contributed by atoms with Crippen LogP contribution >= 0.6 is 23.1 Å².